The van der Waals surface area contributed by atoms with Crippen molar-refractivity contribution in [3.63, 3.8) is 0 Å². The summed E-state index contributed by atoms with van der Waals surface area (Å²) in [6.45, 7) is 7.86. The third-order valence-corrected chi connectivity index (χ3v) is 2.90. The maximum absolute atomic E-state index is 11.9. The van der Waals surface area contributed by atoms with Crippen molar-refractivity contribution in [3.05, 3.63) is 0 Å². The highest BCUT2D eigenvalue weighted by atomic mass is 127. The predicted octanol–water partition coefficient (Wildman–Crippen LogP) is 2.84. The lowest BCUT2D eigenvalue weighted by molar-refractivity contribution is -0.0160. The Morgan fingerprint density at radius 3 is 2.76 bits per heavy atom. The second kappa shape index (κ2) is 6.78. The van der Waals surface area contributed by atoms with Crippen molar-refractivity contribution in [2.45, 2.75) is 45.3 Å². The van der Waals surface area contributed by atoms with E-state index in [0.717, 1.165) is 30.4 Å². The molecule has 100 valence electrons. The summed E-state index contributed by atoms with van der Waals surface area (Å²) in [6, 6.07) is 0. The highest BCUT2D eigenvalue weighted by Gasteiger charge is 2.27. The number of hydrogen-bond acceptors (Lipinski definition) is 3. The molecule has 0 saturated carbocycles. The van der Waals surface area contributed by atoms with Gasteiger partial charge in [-0.15, -0.1) is 0 Å². The Kier molecular flexibility index (Phi) is 5.99. The van der Waals surface area contributed by atoms with Crippen LogP contribution in [0.5, 0.6) is 0 Å². The summed E-state index contributed by atoms with van der Waals surface area (Å²) in [6.07, 6.45) is 1.98. The van der Waals surface area contributed by atoms with Crippen LogP contribution in [-0.2, 0) is 9.47 Å². The van der Waals surface area contributed by atoms with Crippen molar-refractivity contribution < 1.29 is 14.3 Å². The number of nitrogens with zero attached hydrogens (tertiary/aromatic N) is 1. The predicted molar refractivity (Wildman–Crippen MR) is 75.7 cm³/mol. The van der Waals surface area contributed by atoms with Gasteiger partial charge in [-0.05, 0) is 33.6 Å². The fourth-order valence-electron chi connectivity index (χ4n) is 1.78. The number of piperidine rings is 1. The number of halogens is 1. The van der Waals surface area contributed by atoms with Crippen LogP contribution in [0.15, 0.2) is 0 Å². The van der Waals surface area contributed by atoms with Gasteiger partial charge in [-0.1, -0.05) is 22.6 Å². The number of carbonyl (C=O) groups excluding carboxylic acids is 1. The van der Waals surface area contributed by atoms with Gasteiger partial charge in [0.2, 0.25) is 0 Å². The lowest BCUT2D eigenvalue weighted by atomic mass is 10.1. The normalized spacial score (nSPS) is 21.4. The summed E-state index contributed by atoms with van der Waals surface area (Å²) in [4.78, 5) is 13.6. The molecular formula is C12H22INO3. The second-order valence-electron chi connectivity index (χ2n) is 5.25. The Morgan fingerprint density at radius 2 is 2.18 bits per heavy atom. The number of amides is 1. The van der Waals surface area contributed by atoms with Crippen LogP contribution in [-0.4, -0.2) is 46.8 Å². The Morgan fingerprint density at radius 1 is 1.47 bits per heavy atom. The summed E-state index contributed by atoms with van der Waals surface area (Å²) in [7, 11) is 0. The molecule has 0 aromatic carbocycles. The molecular weight excluding hydrogens is 333 g/mol. The zero-order valence-electron chi connectivity index (χ0n) is 10.9. The molecule has 1 amide bonds. The van der Waals surface area contributed by atoms with Crippen LogP contribution < -0.4 is 0 Å². The monoisotopic (exact) mass is 355 g/mol. The summed E-state index contributed by atoms with van der Waals surface area (Å²) in [5.74, 6) is 0. The molecule has 1 rings (SSSR count). The van der Waals surface area contributed by atoms with E-state index in [9.17, 15) is 4.79 Å². The van der Waals surface area contributed by atoms with Crippen molar-refractivity contribution in [2.24, 2.45) is 0 Å². The van der Waals surface area contributed by atoms with Crippen LogP contribution in [0.4, 0.5) is 4.79 Å². The quantitative estimate of drug-likeness (QED) is 0.577. The maximum atomic E-state index is 11.9. The molecule has 0 spiro atoms. The number of hydrogen-bond donors (Lipinski definition) is 0. The lowest BCUT2D eigenvalue weighted by Gasteiger charge is -2.33. The Labute approximate surface area is 117 Å². The Balaban J connectivity index is 2.40. The number of alkyl halides is 1. The topological polar surface area (TPSA) is 38.8 Å². The van der Waals surface area contributed by atoms with E-state index >= 15 is 0 Å². The molecule has 0 aromatic heterocycles. The molecule has 17 heavy (non-hydrogen) atoms. The maximum Gasteiger partial charge on any atom is 0.410 e. The van der Waals surface area contributed by atoms with E-state index in [4.69, 9.17) is 9.47 Å². The van der Waals surface area contributed by atoms with Gasteiger partial charge in [0.15, 0.2) is 0 Å². The molecule has 1 fully saturated rings. The number of carbonyl (C=O) groups is 1. The molecule has 1 aliphatic heterocycles. The average molecular weight is 355 g/mol. The van der Waals surface area contributed by atoms with Gasteiger partial charge in [0.05, 0.1) is 19.3 Å². The zero-order chi connectivity index (χ0) is 12.9. The Hall–Kier alpha value is -0.0400. The van der Waals surface area contributed by atoms with Gasteiger partial charge >= 0.3 is 6.09 Å². The van der Waals surface area contributed by atoms with Gasteiger partial charge in [-0.2, -0.15) is 0 Å². The summed E-state index contributed by atoms with van der Waals surface area (Å²) >= 11 is 2.29. The third kappa shape index (κ3) is 5.90. The third-order valence-electron chi connectivity index (χ3n) is 2.46. The van der Waals surface area contributed by atoms with Crippen molar-refractivity contribution in [1.29, 1.82) is 0 Å². The molecule has 1 heterocycles. The van der Waals surface area contributed by atoms with E-state index < -0.39 is 5.60 Å². The first-order valence-electron chi connectivity index (χ1n) is 6.08. The number of ether oxygens (including phenoxy) is 2. The molecule has 0 N–H and O–H groups in total. The van der Waals surface area contributed by atoms with Crippen molar-refractivity contribution >= 4 is 28.7 Å². The first kappa shape index (κ1) is 15.0. The standard InChI is InChI=1S/C12H22INO3/c1-12(2,3)17-11(15)14-7-4-5-10(9-14)16-8-6-13/h10H,4-9H2,1-3H3. The molecule has 0 radical (unpaired) electrons. The lowest BCUT2D eigenvalue weighted by Crippen LogP contribution is -2.45. The molecule has 0 aliphatic carbocycles. The number of likely N-dealkylation sites (tertiary alicyclic amines) is 1. The van der Waals surface area contributed by atoms with Gasteiger partial charge in [-0.3, -0.25) is 0 Å². The van der Waals surface area contributed by atoms with Crippen LogP contribution in [0.1, 0.15) is 33.6 Å². The van der Waals surface area contributed by atoms with Gasteiger partial charge < -0.3 is 14.4 Å². The van der Waals surface area contributed by atoms with E-state index in [1.807, 2.05) is 20.8 Å². The van der Waals surface area contributed by atoms with E-state index in [1.165, 1.54) is 0 Å². The molecule has 1 saturated heterocycles. The second-order valence-corrected chi connectivity index (χ2v) is 6.33. The van der Waals surface area contributed by atoms with Crippen LogP contribution in [0, 0.1) is 0 Å². The van der Waals surface area contributed by atoms with Crippen LogP contribution in [0.25, 0.3) is 0 Å². The highest BCUT2D eigenvalue weighted by molar-refractivity contribution is 14.1. The molecule has 1 aliphatic rings. The highest BCUT2D eigenvalue weighted by Crippen LogP contribution is 2.17. The molecule has 5 heteroatoms. The largest absolute Gasteiger partial charge is 0.444 e. The first-order valence-corrected chi connectivity index (χ1v) is 7.60. The van der Waals surface area contributed by atoms with E-state index in [-0.39, 0.29) is 12.2 Å². The Bertz CT molecular complexity index is 253. The summed E-state index contributed by atoms with van der Waals surface area (Å²) < 4.78 is 12.0. The molecule has 0 aromatic rings. The minimum absolute atomic E-state index is 0.172. The minimum atomic E-state index is -0.424. The van der Waals surface area contributed by atoms with Crippen molar-refractivity contribution in [3.8, 4) is 0 Å². The minimum Gasteiger partial charge on any atom is -0.444 e. The average Bonchev–Trinajstić information content (AvgIpc) is 2.24. The van der Waals surface area contributed by atoms with Crippen LogP contribution in [0.3, 0.4) is 0 Å². The van der Waals surface area contributed by atoms with Crippen molar-refractivity contribution in [2.75, 3.05) is 24.1 Å². The fraction of sp³-hybridized carbons (Fsp3) is 0.917. The number of rotatable bonds is 3. The smallest absolute Gasteiger partial charge is 0.410 e. The van der Waals surface area contributed by atoms with Gasteiger partial charge in [-0.25, -0.2) is 4.79 Å². The van der Waals surface area contributed by atoms with E-state index in [1.54, 1.807) is 4.90 Å². The molecule has 0 bridgehead atoms. The SMILES string of the molecule is CC(C)(C)OC(=O)N1CCCC(OCCI)C1. The fourth-order valence-corrected chi connectivity index (χ4v) is 2.03. The van der Waals surface area contributed by atoms with Crippen molar-refractivity contribution in [1.82, 2.24) is 4.90 Å². The zero-order valence-corrected chi connectivity index (χ0v) is 13.0. The van der Waals surface area contributed by atoms with Crippen LogP contribution >= 0.6 is 22.6 Å². The molecule has 1 unspecified atom stereocenters. The summed E-state index contributed by atoms with van der Waals surface area (Å²) in [5, 5.41) is 0. The van der Waals surface area contributed by atoms with Gasteiger partial charge in [0.1, 0.15) is 5.60 Å². The van der Waals surface area contributed by atoms with Gasteiger partial charge in [0, 0.05) is 11.0 Å². The van der Waals surface area contributed by atoms with E-state index in [2.05, 4.69) is 22.6 Å². The summed E-state index contributed by atoms with van der Waals surface area (Å²) in [5.41, 5.74) is -0.424. The first-order chi connectivity index (χ1) is 7.92. The molecule has 1 atom stereocenters. The van der Waals surface area contributed by atoms with Crippen LogP contribution in [0.2, 0.25) is 0 Å². The van der Waals surface area contributed by atoms with Gasteiger partial charge in [0.25, 0.3) is 0 Å². The van der Waals surface area contributed by atoms with E-state index in [0.29, 0.717) is 6.54 Å². The molecule has 4 nitrogen and oxygen atoms in total.